The molecule has 0 amide bonds. The first kappa shape index (κ1) is 14.9. The lowest BCUT2D eigenvalue weighted by Gasteiger charge is -2.06. The second kappa shape index (κ2) is 7.35. The molecule has 6 heteroatoms. The van der Waals surface area contributed by atoms with Crippen LogP contribution in [-0.2, 0) is 10.0 Å². The molecular weight excluding hydrogens is 252 g/mol. The number of nitrogens with two attached hydrogens (primary N) is 1. The van der Waals surface area contributed by atoms with Crippen LogP contribution in [0.15, 0.2) is 29.2 Å². The Morgan fingerprint density at radius 2 is 1.67 bits per heavy atom. The highest BCUT2D eigenvalue weighted by atomic mass is 32.2. The van der Waals surface area contributed by atoms with Crippen molar-refractivity contribution in [2.75, 3.05) is 18.9 Å². The van der Waals surface area contributed by atoms with Gasteiger partial charge >= 0.3 is 0 Å². The van der Waals surface area contributed by atoms with E-state index in [2.05, 4.69) is 4.72 Å². The van der Waals surface area contributed by atoms with Crippen molar-refractivity contribution in [2.24, 2.45) is 0 Å². The van der Waals surface area contributed by atoms with Crippen molar-refractivity contribution in [1.82, 2.24) is 4.72 Å². The number of sulfonamides is 1. The first-order valence-electron chi connectivity index (χ1n) is 6.02. The number of aliphatic hydroxyl groups excluding tert-OH is 1. The quantitative estimate of drug-likeness (QED) is 0.488. The lowest BCUT2D eigenvalue weighted by atomic mass is 10.2. The second-order valence-electron chi connectivity index (χ2n) is 4.10. The Morgan fingerprint density at radius 3 is 2.28 bits per heavy atom. The maximum absolute atomic E-state index is 11.8. The van der Waals surface area contributed by atoms with Crippen molar-refractivity contribution in [2.45, 2.75) is 30.6 Å². The highest BCUT2D eigenvalue weighted by molar-refractivity contribution is 7.89. The third-order valence-electron chi connectivity index (χ3n) is 2.57. The van der Waals surface area contributed by atoms with Gasteiger partial charge in [0, 0.05) is 18.8 Å². The van der Waals surface area contributed by atoms with Crippen molar-refractivity contribution in [3.8, 4) is 0 Å². The third kappa shape index (κ3) is 5.03. The van der Waals surface area contributed by atoms with Crippen LogP contribution in [0.4, 0.5) is 5.69 Å². The number of benzene rings is 1. The first-order valence-corrected chi connectivity index (χ1v) is 7.50. The number of nitrogen functional groups attached to an aromatic ring is 1. The summed E-state index contributed by atoms with van der Waals surface area (Å²) in [5.74, 6) is 0. The molecule has 0 saturated heterocycles. The molecule has 18 heavy (non-hydrogen) atoms. The van der Waals surface area contributed by atoms with Crippen LogP contribution < -0.4 is 10.5 Å². The maximum Gasteiger partial charge on any atom is 0.240 e. The number of unbranched alkanes of at least 4 members (excludes halogenated alkanes) is 3. The van der Waals surface area contributed by atoms with Crippen molar-refractivity contribution in [3.63, 3.8) is 0 Å². The summed E-state index contributed by atoms with van der Waals surface area (Å²) >= 11 is 0. The van der Waals surface area contributed by atoms with Gasteiger partial charge < -0.3 is 10.8 Å². The number of hydrogen-bond donors (Lipinski definition) is 3. The molecule has 0 bridgehead atoms. The van der Waals surface area contributed by atoms with Crippen LogP contribution in [0.5, 0.6) is 0 Å². The number of nitrogens with one attached hydrogen (secondary N) is 1. The summed E-state index contributed by atoms with van der Waals surface area (Å²) in [4.78, 5) is 0.229. The van der Waals surface area contributed by atoms with Crippen LogP contribution in [0.2, 0.25) is 0 Å². The van der Waals surface area contributed by atoms with Crippen LogP contribution >= 0.6 is 0 Å². The molecular formula is C12H20N2O3S. The molecule has 0 aromatic heterocycles. The number of rotatable bonds is 8. The fourth-order valence-electron chi connectivity index (χ4n) is 1.53. The minimum absolute atomic E-state index is 0.192. The van der Waals surface area contributed by atoms with E-state index < -0.39 is 10.0 Å². The van der Waals surface area contributed by atoms with Gasteiger partial charge in [-0.15, -0.1) is 0 Å². The summed E-state index contributed by atoms with van der Waals surface area (Å²) in [7, 11) is -3.42. The fourth-order valence-corrected chi connectivity index (χ4v) is 2.60. The predicted molar refractivity (Wildman–Crippen MR) is 71.6 cm³/mol. The van der Waals surface area contributed by atoms with Crippen LogP contribution in [-0.4, -0.2) is 26.7 Å². The van der Waals surface area contributed by atoms with E-state index in [1.54, 1.807) is 12.1 Å². The molecule has 4 N–H and O–H groups in total. The number of aliphatic hydroxyl groups is 1. The molecule has 0 heterocycles. The Bertz CT molecular complexity index is 443. The highest BCUT2D eigenvalue weighted by Crippen LogP contribution is 2.11. The van der Waals surface area contributed by atoms with Crippen molar-refractivity contribution < 1.29 is 13.5 Å². The Morgan fingerprint density at radius 1 is 1.06 bits per heavy atom. The second-order valence-corrected chi connectivity index (χ2v) is 5.87. The molecule has 1 aromatic rings. The minimum Gasteiger partial charge on any atom is -0.399 e. The smallest absolute Gasteiger partial charge is 0.240 e. The van der Waals surface area contributed by atoms with E-state index in [1.165, 1.54) is 12.1 Å². The van der Waals surface area contributed by atoms with Crippen LogP contribution in [0.25, 0.3) is 0 Å². The highest BCUT2D eigenvalue weighted by Gasteiger charge is 2.12. The molecule has 0 fully saturated rings. The molecule has 0 saturated carbocycles. The van der Waals surface area contributed by atoms with Crippen LogP contribution in [0.1, 0.15) is 25.7 Å². The summed E-state index contributed by atoms with van der Waals surface area (Å²) in [5.41, 5.74) is 6.04. The Labute approximate surface area is 108 Å². The summed E-state index contributed by atoms with van der Waals surface area (Å²) < 4.78 is 26.2. The molecule has 0 aliphatic heterocycles. The first-order chi connectivity index (χ1) is 8.56. The van der Waals surface area contributed by atoms with Gasteiger partial charge in [0.2, 0.25) is 10.0 Å². The SMILES string of the molecule is Nc1ccc(S(=O)(=O)NCCCCCCO)cc1. The van der Waals surface area contributed by atoms with E-state index in [0.717, 1.165) is 25.7 Å². The summed E-state index contributed by atoms with van der Waals surface area (Å²) in [6, 6.07) is 6.11. The predicted octanol–water partition coefficient (Wildman–Crippen LogP) is 1.10. The summed E-state index contributed by atoms with van der Waals surface area (Å²) in [6.07, 6.45) is 3.36. The molecule has 0 aliphatic rings. The van der Waals surface area contributed by atoms with Gasteiger partial charge in [0.1, 0.15) is 0 Å². The zero-order valence-corrected chi connectivity index (χ0v) is 11.1. The van der Waals surface area contributed by atoms with Gasteiger partial charge in [0.05, 0.1) is 4.90 Å². The maximum atomic E-state index is 11.8. The van der Waals surface area contributed by atoms with E-state index >= 15 is 0 Å². The normalized spacial score (nSPS) is 11.6. The molecule has 1 rings (SSSR count). The van der Waals surface area contributed by atoms with E-state index in [9.17, 15) is 8.42 Å². The van der Waals surface area contributed by atoms with Gasteiger partial charge in [-0.2, -0.15) is 0 Å². The average molecular weight is 272 g/mol. The van der Waals surface area contributed by atoms with E-state index in [0.29, 0.717) is 12.2 Å². The van der Waals surface area contributed by atoms with Gasteiger partial charge in [0.25, 0.3) is 0 Å². The van der Waals surface area contributed by atoms with Crippen molar-refractivity contribution in [1.29, 1.82) is 0 Å². The average Bonchev–Trinajstić information content (AvgIpc) is 2.34. The lowest BCUT2D eigenvalue weighted by molar-refractivity contribution is 0.282. The lowest BCUT2D eigenvalue weighted by Crippen LogP contribution is -2.24. The largest absolute Gasteiger partial charge is 0.399 e. The molecule has 5 nitrogen and oxygen atoms in total. The van der Waals surface area contributed by atoms with Crippen molar-refractivity contribution >= 4 is 15.7 Å². The van der Waals surface area contributed by atoms with Gasteiger partial charge in [-0.05, 0) is 37.1 Å². The van der Waals surface area contributed by atoms with E-state index in [1.807, 2.05) is 0 Å². The summed E-state index contributed by atoms with van der Waals surface area (Å²) in [6.45, 7) is 0.606. The summed E-state index contributed by atoms with van der Waals surface area (Å²) in [5, 5.41) is 8.60. The molecule has 0 radical (unpaired) electrons. The van der Waals surface area contributed by atoms with Crippen LogP contribution in [0, 0.1) is 0 Å². The zero-order valence-electron chi connectivity index (χ0n) is 10.3. The monoisotopic (exact) mass is 272 g/mol. The van der Waals surface area contributed by atoms with Crippen LogP contribution in [0.3, 0.4) is 0 Å². The van der Waals surface area contributed by atoms with Crippen molar-refractivity contribution in [3.05, 3.63) is 24.3 Å². The Hall–Kier alpha value is -1.11. The van der Waals surface area contributed by atoms with Gasteiger partial charge in [0.15, 0.2) is 0 Å². The molecule has 0 aliphatic carbocycles. The standard InChI is InChI=1S/C12H20N2O3S/c13-11-5-7-12(8-6-11)18(16,17)14-9-3-1-2-4-10-15/h5-8,14-15H,1-4,9-10,13H2. The fraction of sp³-hybridized carbons (Fsp3) is 0.500. The molecule has 102 valence electrons. The topological polar surface area (TPSA) is 92.4 Å². The van der Waals surface area contributed by atoms with Gasteiger partial charge in [-0.1, -0.05) is 12.8 Å². The third-order valence-corrected chi connectivity index (χ3v) is 4.04. The molecule has 1 aromatic carbocycles. The van der Waals surface area contributed by atoms with E-state index in [4.69, 9.17) is 10.8 Å². The number of hydrogen-bond acceptors (Lipinski definition) is 4. The molecule has 0 unspecified atom stereocenters. The van der Waals surface area contributed by atoms with Gasteiger partial charge in [-0.25, -0.2) is 13.1 Å². The Kier molecular flexibility index (Phi) is 6.11. The molecule has 0 atom stereocenters. The zero-order chi connectivity index (χ0) is 13.4. The van der Waals surface area contributed by atoms with Gasteiger partial charge in [-0.3, -0.25) is 0 Å². The molecule has 0 spiro atoms. The minimum atomic E-state index is -3.42. The number of anilines is 1. The Balaban J connectivity index is 2.38. The van der Waals surface area contributed by atoms with E-state index in [-0.39, 0.29) is 11.5 Å².